The number of carbonyl (C=O) groups excluding carboxylic acids is 1. The van der Waals surface area contributed by atoms with E-state index in [-0.39, 0.29) is 5.41 Å². The van der Waals surface area contributed by atoms with Gasteiger partial charge in [0.1, 0.15) is 5.75 Å². The molecule has 0 bridgehead atoms. The number of piperidine rings is 1. The van der Waals surface area contributed by atoms with Gasteiger partial charge in [0.05, 0.1) is 6.10 Å². The maximum atomic E-state index is 12.5. The molecule has 2 aromatic carbocycles. The highest BCUT2D eigenvalue weighted by molar-refractivity contribution is 5.77. The number of nitrogens with zero attached hydrogens (tertiary/aromatic N) is 1. The van der Waals surface area contributed by atoms with Crippen molar-refractivity contribution < 1.29 is 9.53 Å². The molecule has 0 aromatic heterocycles. The van der Waals surface area contributed by atoms with Crippen LogP contribution in [0.1, 0.15) is 65.7 Å². The van der Waals surface area contributed by atoms with Gasteiger partial charge in [-0.05, 0) is 96.3 Å². The molecule has 3 heteroatoms. The summed E-state index contributed by atoms with van der Waals surface area (Å²) in [6, 6.07) is 19.7. The lowest BCUT2D eigenvalue weighted by molar-refractivity contribution is -0.164. The monoisotopic (exact) mass is 471 g/mol. The van der Waals surface area contributed by atoms with Gasteiger partial charge >= 0.3 is 0 Å². The molecule has 8 atom stereocenters. The molecule has 4 aliphatic rings. The van der Waals surface area contributed by atoms with E-state index in [4.69, 9.17) is 4.74 Å². The van der Waals surface area contributed by atoms with Crippen LogP contribution in [0.4, 0.5) is 0 Å². The van der Waals surface area contributed by atoms with E-state index in [1.54, 1.807) is 0 Å². The fourth-order valence-corrected chi connectivity index (χ4v) is 9.10. The molecule has 0 spiro atoms. The van der Waals surface area contributed by atoms with Crippen LogP contribution in [0.2, 0.25) is 0 Å². The Morgan fingerprint density at radius 1 is 0.914 bits per heavy atom. The number of amides is 1. The second kappa shape index (κ2) is 8.39. The fourth-order valence-electron chi connectivity index (χ4n) is 9.10. The van der Waals surface area contributed by atoms with E-state index >= 15 is 0 Å². The summed E-state index contributed by atoms with van der Waals surface area (Å²) in [5.74, 6) is 4.24. The van der Waals surface area contributed by atoms with Crippen molar-refractivity contribution in [1.82, 2.24) is 4.90 Å². The van der Waals surface area contributed by atoms with Crippen LogP contribution in [0, 0.1) is 34.5 Å². The third-order valence-corrected chi connectivity index (χ3v) is 10.9. The molecule has 6 rings (SSSR count). The number of benzene rings is 2. The summed E-state index contributed by atoms with van der Waals surface area (Å²) < 4.78 is 6.65. The Morgan fingerprint density at radius 2 is 1.63 bits per heavy atom. The standard InChI is InChI=1S/C32H41NO2/c1-21-18-28-32(3,17-15-29(34)33(28)4)26-14-16-31(2)20-25(19-27(31)30(21)26)35-24-12-10-23(11-13-24)22-8-6-5-7-9-22/h5-13,21,25-28,30H,14-20H2,1-4H3/t21?,25-,26-,27-,28+,30?,31+,32+/m0/s1. The smallest absolute Gasteiger partial charge is 0.222 e. The SMILES string of the molecule is CC1C[C@H]2N(C)C(=O)CC[C@]2(C)[C@H]2CC[C@]3(C)C[C@@H](Oc4ccc(-c5ccccc5)cc4)C[C@H]3C12. The van der Waals surface area contributed by atoms with Crippen molar-refractivity contribution in [2.75, 3.05) is 7.05 Å². The second-order valence-electron chi connectivity index (χ2n) is 12.8. The van der Waals surface area contributed by atoms with Gasteiger partial charge in [0.2, 0.25) is 5.91 Å². The van der Waals surface area contributed by atoms with Gasteiger partial charge in [0, 0.05) is 19.5 Å². The molecule has 2 unspecified atom stereocenters. The Balaban J connectivity index is 1.20. The molecule has 1 saturated heterocycles. The lowest BCUT2D eigenvalue weighted by Gasteiger charge is -2.63. The van der Waals surface area contributed by atoms with E-state index in [0.717, 1.165) is 36.3 Å². The van der Waals surface area contributed by atoms with E-state index in [9.17, 15) is 4.79 Å². The van der Waals surface area contributed by atoms with Gasteiger partial charge in [-0.1, -0.05) is 63.2 Å². The molecule has 0 N–H and O–H groups in total. The number of hydrogen-bond donors (Lipinski definition) is 0. The van der Waals surface area contributed by atoms with Gasteiger partial charge in [-0.2, -0.15) is 0 Å². The first-order valence-electron chi connectivity index (χ1n) is 13.9. The number of likely N-dealkylation sites (tertiary alicyclic amines) is 1. The molecule has 3 aliphatic carbocycles. The fraction of sp³-hybridized carbons (Fsp3) is 0.594. The lowest BCUT2D eigenvalue weighted by Crippen LogP contribution is -2.62. The van der Waals surface area contributed by atoms with E-state index in [0.29, 0.717) is 29.4 Å². The van der Waals surface area contributed by atoms with Crippen molar-refractivity contribution in [3.8, 4) is 16.9 Å². The first-order valence-corrected chi connectivity index (χ1v) is 13.9. The van der Waals surface area contributed by atoms with Crippen molar-refractivity contribution >= 4 is 5.91 Å². The third kappa shape index (κ3) is 3.72. The minimum atomic E-state index is 0.271. The maximum absolute atomic E-state index is 12.5. The normalized spacial score (nSPS) is 40.6. The Hall–Kier alpha value is -2.29. The largest absolute Gasteiger partial charge is 0.490 e. The zero-order chi connectivity index (χ0) is 24.4. The average molecular weight is 472 g/mol. The summed E-state index contributed by atoms with van der Waals surface area (Å²) in [7, 11) is 2.06. The minimum Gasteiger partial charge on any atom is -0.490 e. The minimum absolute atomic E-state index is 0.271. The molecule has 35 heavy (non-hydrogen) atoms. The van der Waals surface area contributed by atoms with E-state index < -0.39 is 0 Å². The summed E-state index contributed by atoms with van der Waals surface area (Å²) in [5.41, 5.74) is 3.14. The van der Waals surface area contributed by atoms with Crippen LogP contribution in [0.15, 0.2) is 54.6 Å². The highest BCUT2D eigenvalue weighted by atomic mass is 16.5. The summed E-state index contributed by atoms with van der Waals surface area (Å²) in [5, 5.41) is 0. The number of fused-ring (bicyclic) bond motifs is 5. The topological polar surface area (TPSA) is 29.5 Å². The molecule has 3 nitrogen and oxygen atoms in total. The lowest BCUT2D eigenvalue weighted by atomic mass is 9.45. The van der Waals surface area contributed by atoms with Crippen LogP contribution in [0.5, 0.6) is 5.75 Å². The summed E-state index contributed by atoms with van der Waals surface area (Å²) in [4.78, 5) is 14.6. The predicted octanol–water partition coefficient (Wildman–Crippen LogP) is 7.21. The first kappa shape index (κ1) is 23.1. The molecular weight excluding hydrogens is 430 g/mol. The van der Waals surface area contributed by atoms with Crippen molar-refractivity contribution in [2.45, 2.75) is 77.9 Å². The van der Waals surface area contributed by atoms with Crippen LogP contribution in [-0.4, -0.2) is 30.0 Å². The van der Waals surface area contributed by atoms with E-state index in [1.165, 1.54) is 43.2 Å². The molecule has 4 fully saturated rings. The Bertz CT molecular complexity index is 1080. The maximum Gasteiger partial charge on any atom is 0.222 e. The zero-order valence-corrected chi connectivity index (χ0v) is 21.9. The van der Waals surface area contributed by atoms with Gasteiger partial charge in [0.25, 0.3) is 0 Å². The van der Waals surface area contributed by atoms with E-state index in [2.05, 4.69) is 87.3 Å². The molecule has 2 aromatic rings. The Kier molecular flexibility index (Phi) is 5.54. The summed E-state index contributed by atoms with van der Waals surface area (Å²) in [6.45, 7) is 7.55. The highest BCUT2D eigenvalue weighted by Gasteiger charge is 2.62. The summed E-state index contributed by atoms with van der Waals surface area (Å²) in [6.07, 6.45) is 8.25. The molecule has 1 aliphatic heterocycles. The van der Waals surface area contributed by atoms with Gasteiger partial charge in [-0.3, -0.25) is 4.79 Å². The molecule has 186 valence electrons. The van der Waals surface area contributed by atoms with Crippen LogP contribution in [0.3, 0.4) is 0 Å². The average Bonchev–Trinajstić information content (AvgIpc) is 3.20. The van der Waals surface area contributed by atoms with Crippen LogP contribution < -0.4 is 4.74 Å². The van der Waals surface area contributed by atoms with Crippen molar-refractivity contribution in [1.29, 1.82) is 0 Å². The summed E-state index contributed by atoms with van der Waals surface area (Å²) >= 11 is 0. The quantitative estimate of drug-likeness (QED) is 0.473. The second-order valence-corrected chi connectivity index (χ2v) is 12.8. The molecular formula is C32H41NO2. The Morgan fingerprint density at radius 3 is 2.37 bits per heavy atom. The van der Waals surface area contributed by atoms with Crippen molar-refractivity contribution in [2.24, 2.45) is 34.5 Å². The molecule has 0 radical (unpaired) electrons. The third-order valence-electron chi connectivity index (χ3n) is 10.9. The van der Waals surface area contributed by atoms with E-state index in [1.807, 2.05) is 0 Å². The van der Waals surface area contributed by atoms with Gasteiger partial charge in [0.15, 0.2) is 0 Å². The molecule has 1 amide bonds. The van der Waals surface area contributed by atoms with Crippen LogP contribution in [-0.2, 0) is 4.79 Å². The van der Waals surface area contributed by atoms with Crippen LogP contribution in [0.25, 0.3) is 11.1 Å². The first-order chi connectivity index (χ1) is 16.8. The number of carbonyl (C=O) groups is 1. The van der Waals surface area contributed by atoms with Crippen molar-refractivity contribution in [3.05, 3.63) is 54.6 Å². The zero-order valence-electron chi connectivity index (χ0n) is 21.9. The van der Waals surface area contributed by atoms with Gasteiger partial charge in [-0.15, -0.1) is 0 Å². The number of hydrogen-bond acceptors (Lipinski definition) is 2. The highest BCUT2D eigenvalue weighted by Crippen LogP contribution is 2.66. The van der Waals surface area contributed by atoms with Crippen molar-refractivity contribution in [3.63, 3.8) is 0 Å². The van der Waals surface area contributed by atoms with Gasteiger partial charge in [-0.25, -0.2) is 0 Å². The Labute approximate surface area is 211 Å². The number of rotatable bonds is 3. The van der Waals surface area contributed by atoms with Gasteiger partial charge < -0.3 is 9.64 Å². The predicted molar refractivity (Wildman–Crippen MR) is 141 cm³/mol. The van der Waals surface area contributed by atoms with Crippen LogP contribution >= 0.6 is 0 Å². The molecule has 1 heterocycles. The molecule has 3 saturated carbocycles. The number of ether oxygens (including phenoxy) is 1.